The molecule has 19 heavy (non-hydrogen) atoms. The summed E-state index contributed by atoms with van der Waals surface area (Å²) in [6.07, 6.45) is 4.44. The molecule has 0 amide bonds. The zero-order valence-corrected chi connectivity index (χ0v) is 12.2. The number of likely N-dealkylation sites (tertiary alicyclic amines) is 1. The lowest BCUT2D eigenvalue weighted by atomic mass is 10.1. The van der Waals surface area contributed by atoms with Gasteiger partial charge in [0.2, 0.25) is 0 Å². The second-order valence-electron chi connectivity index (χ2n) is 5.26. The fourth-order valence-electron chi connectivity index (χ4n) is 2.49. The maximum absolute atomic E-state index is 5.70. The highest BCUT2D eigenvalue weighted by atomic mass is 32.1. The van der Waals surface area contributed by atoms with Crippen molar-refractivity contribution in [2.45, 2.75) is 19.8 Å². The van der Waals surface area contributed by atoms with E-state index < -0.39 is 0 Å². The number of thiocarbonyl (C=S) groups is 1. The predicted molar refractivity (Wildman–Crippen MR) is 83.5 cm³/mol. The van der Waals surface area contributed by atoms with Crippen LogP contribution in [0.25, 0.3) is 0 Å². The lowest BCUT2D eigenvalue weighted by Gasteiger charge is -2.21. The van der Waals surface area contributed by atoms with Gasteiger partial charge >= 0.3 is 0 Å². The molecule has 1 aliphatic rings. The molecule has 0 saturated carbocycles. The molecular formula is C14H22N4S. The molecule has 0 radical (unpaired) electrons. The molecule has 0 aliphatic carbocycles. The zero-order chi connectivity index (χ0) is 13.7. The van der Waals surface area contributed by atoms with Crippen molar-refractivity contribution in [2.75, 3.05) is 31.5 Å². The molecule has 1 saturated heterocycles. The Kier molecular flexibility index (Phi) is 5.10. The van der Waals surface area contributed by atoms with Crippen molar-refractivity contribution in [3.8, 4) is 0 Å². The summed E-state index contributed by atoms with van der Waals surface area (Å²) < 4.78 is 0. The highest BCUT2D eigenvalue weighted by molar-refractivity contribution is 7.80. The van der Waals surface area contributed by atoms with Gasteiger partial charge in [0.25, 0.3) is 0 Å². The average molecular weight is 278 g/mol. The Morgan fingerprint density at radius 1 is 1.53 bits per heavy atom. The van der Waals surface area contributed by atoms with Crippen molar-refractivity contribution >= 4 is 23.0 Å². The van der Waals surface area contributed by atoms with E-state index in [1.54, 1.807) is 6.20 Å². The summed E-state index contributed by atoms with van der Waals surface area (Å²) in [5.41, 5.74) is 6.52. The van der Waals surface area contributed by atoms with Crippen molar-refractivity contribution in [1.29, 1.82) is 0 Å². The summed E-state index contributed by atoms with van der Waals surface area (Å²) in [6.45, 7) is 6.78. The van der Waals surface area contributed by atoms with Crippen LogP contribution in [0.5, 0.6) is 0 Å². The minimum absolute atomic E-state index is 0.391. The van der Waals surface area contributed by atoms with E-state index in [-0.39, 0.29) is 0 Å². The van der Waals surface area contributed by atoms with Gasteiger partial charge in [-0.3, -0.25) is 0 Å². The fourth-order valence-corrected chi connectivity index (χ4v) is 2.65. The molecule has 4 nitrogen and oxygen atoms in total. The minimum Gasteiger partial charge on any atom is -0.389 e. The van der Waals surface area contributed by atoms with E-state index >= 15 is 0 Å². The van der Waals surface area contributed by atoms with Gasteiger partial charge in [-0.1, -0.05) is 19.1 Å². The third-order valence-electron chi connectivity index (χ3n) is 3.46. The fraction of sp³-hybridized carbons (Fsp3) is 0.571. The van der Waals surface area contributed by atoms with Crippen LogP contribution in [0.3, 0.4) is 0 Å². The summed E-state index contributed by atoms with van der Waals surface area (Å²) >= 11 is 5.03. The molecule has 1 aromatic heterocycles. The number of nitrogens with zero attached hydrogens (tertiary/aromatic N) is 2. The normalized spacial score (nSPS) is 17.3. The smallest absolute Gasteiger partial charge is 0.136 e. The van der Waals surface area contributed by atoms with Crippen LogP contribution in [0.15, 0.2) is 18.3 Å². The first-order valence-electron chi connectivity index (χ1n) is 6.88. The van der Waals surface area contributed by atoms with Crippen LogP contribution in [0.4, 0.5) is 5.82 Å². The average Bonchev–Trinajstić information content (AvgIpc) is 2.89. The summed E-state index contributed by atoms with van der Waals surface area (Å²) in [7, 11) is 0. The third kappa shape index (κ3) is 4.14. The van der Waals surface area contributed by atoms with Crippen LogP contribution < -0.4 is 11.1 Å². The van der Waals surface area contributed by atoms with Crippen molar-refractivity contribution in [2.24, 2.45) is 11.7 Å². The van der Waals surface area contributed by atoms with Crippen LogP contribution in [0.2, 0.25) is 0 Å². The molecule has 1 atom stereocenters. The first-order chi connectivity index (χ1) is 9.16. The standard InChI is InChI=1S/C14H22N4S/c1-11(10-18-7-2-3-8-18)9-17-14-12(13(15)19)5-4-6-16-14/h4-6,11H,2-3,7-10H2,1H3,(H2,15,19)(H,16,17). The number of aromatic nitrogens is 1. The summed E-state index contributed by atoms with van der Waals surface area (Å²) in [5.74, 6) is 1.38. The Labute approximate surface area is 120 Å². The van der Waals surface area contributed by atoms with E-state index in [2.05, 4.69) is 22.1 Å². The van der Waals surface area contributed by atoms with Gasteiger partial charge in [-0.15, -0.1) is 0 Å². The van der Waals surface area contributed by atoms with Gasteiger partial charge in [0.1, 0.15) is 10.8 Å². The second-order valence-corrected chi connectivity index (χ2v) is 5.70. The van der Waals surface area contributed by atoms with Crippen LogP contribution in [0.1, 0.15) is 25.3 Å². The van der Waals surface area contributed by atoms with Gasteiger partial charge in [-0.2, -0.15) is 0 Å². The third-order valence-corrected chi connectivity index (χ3v) is 3.68. The van der Waals surface area contributed by atoms with Crippen molar-refractivity contribution in [3.05, 3.63) is 23.9 Å². The number of pyridine rings is 1. The number of anilines is 1. The number of rotatable bonds is 6. The lowest BCUT2D eigenvalue weighted by molar-refractivity contribution is 0.294. The van der Waals surface area contributed by atoms with Crippen LogP contribution in [-0.2, 0) is 0 Å². The van der Waals surface area contributed by atoms with Crippen molar-refractivity contribution in [1.82, 2.24) is 9.88 Å². The molecule has 1 aliphatic heterocycles. The first kappa shape index (κ1) is 14.2. The van der Waals surface area contributed by atoms with E-state index in [1.807, 2.05) is 12.1 Å². The summed E-state index contributed by atoms with van der Waals surface area (Å²) in [5, 5.41) is 3.36. The molecule has 0 aromatic carbocycles. The Hall–Kier alpha value is -1.20. The molecule has 1 fully saturated rings. The Balaban J connectivity index is 1.85. The molecule has 0 bridgehead atoms. The molecule has 0 spiro atoms. The van der Waals surface area contributed by atoms with Crippen LogP contribution >= 0.6 is 12.2 Å². The predicted octanol–water partition coefficient (Wildman–Crippen LogP) is 1.86. The summed E-state index contributed by atoms with van der Waals surface area (Å²) in [4.78, 5) is 7.23. The molecule has 1 aromatic rings. The van der Waals surface area contributed by atoms with E-state index in [0.717, 1.165) is 24.5 Å². The van der Waals surface area contributed by atoms with Crippen molar-refractivity contribution in [3.63, 3.8) is 0 Å². The summed E-state index contributed by atoms with van der Waals surface area (Å²) in [6, 6.07) is 3.76. The van der Waals surface area contributed by atoms with Gasteiger partial charge < -0.3 is 16.0 Å². The first-order valence-corrected chi connectivity index (χ1v) is 7.28. The Bertz CT molecular complexity index is 429. The highest BCUT2D eigenvalue weighted by Gasteiger charge is 2.15. The van der Waals surface area contributed by atoms with Gasteiger partial charge in [0.05, 0.1) is 5.56 Å². The number of nitrogens with two attached hydrogens (primary N) is 1. The SMILES string of the molecule is CC(CNc1ncccc1C(N)=S)CN1CCCC1. The van der Waals surface area contributed by atoms with E-state index in [1.165, 1.54) is 25.9 Å². The van der Waals surface area contributed by atoms with E-state index in [0.29, 0.717) is 10.9 Å². The number of nitrogens with one attached hydrogen (secondary N) is 1. The molecule has 2 heterocycles. The van der Waals surface area contributed by atoms with Crippen molar-refractivity contribution < 1.29 is 0 Å². The van der Waals surface area contributed by atoms with Gasteiger partial charge in [-0.25, -0.2) is 4.98 Å². The van der Waals surface area contributed by atoms with Gasteiger partial charge in [-0.05, 0) is 44.0 Å². The van der Waals surface area contributed by atoms with Gasteiger partial charge in [0, 0.05) is 19.3 Å². The Morgan fingerprint density at radius 3 is 2.95 bits per heavy atom. The number of hydrogen-bond acceptors (Lipinski definition) is 4. The minimum atomic E-state index is 0.391. The zero-order valence-electron chi connectivity index (χ0n) is 11.4. The largest absolute Gasteiger partial charge is 0.389 e. The van der Waals surface area contributed by atoms with E-state index in [9.17, 15) is 0 Å². The molecule has 1 unspecified atom stereocenters. The topological polar surface area (TPSA) is 54.2 Å². The Morgan fingerprint density at radius 2 is 2.26 bits per heavy atom. The maximum Gasteiger partial charge on any atom is 0.136 e. The maximum atomic E-state index is 5.70. The monoisotopic (exact) mass is 278 g/mol. The van der Waals surface area contributed by atoms with Crippen LogP contribution in [0, 0.1) is 5.92 Å². The van der Waals surface area contributed by atoms with Gasteiger partial charge in [0.15, 0.2) is 0 Å². The lowest BCUT2D eigenvalue weighted by Crippen LogP contribution is -2.29. The highest BCUT2D eigenvalue weighted by Crippen LogP contribution is 2.14. The number of hydrogen-bond donors (Lipinski definition) is 2. The molecular weight excluding hydrogens is 256 g/mol. The second kappa shape index (κ2) is 6.82. The quantitative estimate of drug-likeness (QED) is 0.778. The molecule has 3 N–H and O–H groups in total. The van der Waals surface area contributed by atoms with E-state index in [4.69, 9.17) is 18.0 Å². The molecule has 2 rings (SSSR count). The van der Waals surface area contributed by atoms with Crippen LogP contribution in [-0.4, -0.2) is 41.1 Å². The molecule has 104 valence electrons. The molecule has 5 heteroatoms.